The largest absolute Gasteiger partial charge is 0.493 e. The van der Waals surface area contributed by atoms with Gasteiger partial charge in [-0.15, -0.1) is 24.0 Å². The first kappa shape index (κ1) is 23.0. The molecule has 0 saturated heterocycles. The van der Waals surface area contributed by atoms with Crippen molar-refractivity contribution in [2.75, 3.05) is 20.7 Å². The second-order valence-electron chi connectivity index (χ2n) is 5.97. The first-order valence-corrected chi connectivity index (χ1v) is 8.52. The molecular weight excluding hydrogens is 460 g/mol. The molecule has 0 aromatic heterocycles. The SMILES string of the molecule is CN=C(NCc1ccc(F)c(C)c1)NCC(C)Oc1ccccc1OC.I. The minimum atomic E-state index is -0.196. The summed E-state index contributed by atoms with van der Waals surface area (Å²) in [6, 6.07) is 12.6. The van der Waals surface area contributed by atoms with Crippen LogP contribution in [0.1, 0.15) is 18.1 Å². The van der Waals surface area contributed by atoms with Crippen molar-refractivity contribution >= 4 is 29.9 Å². The molecular formula is C20H27FIN3O2. The molecule has 0 bridgehead atoms. The maximum atomic E-state index is 13.3. The van der Waals surface area contributed by atoms with E-state index < -0.39 is 0 Å². The molecule has 1 atom stereocenters. The highest BCUT2D eigenvalue weighted by atomic mass is 127. The number of methoxy groups -OCH3 is 1. The fourth-order valence-corrected chi connectivity index (χ4v) is 2.44. The van der Waals surface area contributed by atoms with Gasteiger partial charge in [0.15, 0.2) is 17.5 Å². The Bertz CT molecular complexity index is 756. The summed E-state index contributed by atoms with van der Waals surface area (Å²) in [4.78, 5) is 4.20. The molecule has 0 aliphatic heterocycles. The molecule has 0 amide bonds. The van der Waals surface area contributed by atoms with Gasteiger partial charge in [0.2, 0.25) is 0 Å². The van der Waals surface area contributed by atoms with Gasteiger partial charge >= 0.3 is 0 Å². The number of guanidine groups is 1. The summed E-state index contributed by atoms with van der Waals surface area (Å²) < 4.78 is 24.5. The molecule has 2 aromatic carbocycles. The molecule has 0 aliphatic carbocycles. The topological polar surface area (TPSA) is 54.9 Å². The molecule has 7 heteroatoms. The second kappa shape index (κ2) is 11.6. The molecule has 2 aromatic rings. The summed E-state index contributed by atoms with van der Waals surface area (Å²) in [7, 11) is 3.32. The normalized spacial score (nSPS) is 12.0. The Morgan fingerprint density at radius 1 is 1.15 bits per heavy atom. The van der Waals surface area contributed by atoms with Crippen LogP contribution in [0.4, 0.5) is 4.39 Å². The summed E-state index contributed by atoms with van der Waals surface area (Å²) in [6.07, 6.45) is -0.0853. The Morgan fingerprint density at radius 3 is 2.48 bits per heavy atom. The second-order valence-corrected chi connectivity index (χ2v) is 5.97. The van der Waals surface area contributed by atoms with Gasteiger partial charge in [-0.05, 0) is 43.2 Å². The monoisotopic (exact) mass is 487 g/mol. The van der Waals surface area contributed by atoms with E-state index in [1.54, 1.807) is 27.1 Å². The van der Waals surface area contributed by atoms with Crippen LogP contribution in [0.3, 0.4) is 0 Å². The minimum Gasteiger partial charge on any atom is -0.493 e. The van der Waals surface area contributed by atoms with E-state index in [0.29, 0.717) is 36.1 Å². The van der Waals surface area contributed by atoms with E-state index in [9.17, 15) is 4.39 Å². The summed E-state index contributed by atoms with van der Waals surface area (Å²) >= 11 is 0. The van der Waals surface area contributed by atoms with Gasteiger partial charge in [0.1, 0.15) is 11.9 Å². The van der Waals surface area contributed by atoms with Gasteiger partial charge in [0, 0.05) is 13.6 Å². The lowest BCUT2D eigenvalue weighted by Gasteiger charge is -2.19. The fourth-order valence-electron chi connectivity index (χ4n) is 2.44. The van der Waals surface area contributed by atoms with Crippen LogP contribution in [0, 0.1) is 12.7 Å². The Balaban J connectivity index is 0.00000364. The van der Waals surface area contributed by atoms with Crippen LogP contribution >= 0.6 is 24.0 Å². The third-order valence-electron chi connectivity index (χ3n) is 3.86. The van der Waals surface area contributed by atoms with E-state index in [1.807, 2.05) is 37.3 Å². The van der Waals surface area contributed by atoms with Crippen LogP contribution in [0.15, 0.2) is 47.5 Å². The van der Waals surface area contributed by atoms with Gasteiger partial charge in [-0.3, -0.25) is 4.99 Å². The molecule has 2 rings (SSSR count). The first-order chi connectivity index (χ1) is 12.5. The number of aliphatic imine (C=N–C) groups is 1. The number of hydrogen-bond acceptors (Lipinski definition) is 3. The van der Waals surface area contributed by atoms with Crippen LogP contribution in [0.2, 0.25) is 0 Å². The number of hydrogen-bond donors (Lipinski definition) is 2. The number of nitrogens with one attached hydrogen (secondary N) is 2. The van der Waals surface area contributed by atoms with Gasteiger partial charge in [-0.25, -0.2) is 4.39 Å². The molecule has 2 N–H and O–H groups in total. The number of rotatable bonds is 7. The van der Waals surface area contributed by atoms with Crippen LogP contribution in [-0.2, 0) is 6.54 Å². The van der Waals surface area contributed by atoms with Gasteiger partial charge in [0.25, 0.3) is 0 Å². The van der Waals surface area contributed by atoms with Crippen LogP contribution in [0.25, 0.3) is 0 Å². The fraction of sp³-hybridized carbons (Fsp3) is 0.350. The van der Waals surface area contributed by atoms with Crippen molar-refractivity contribution in [2.24, 2.45) is 4.99 Å². The predicted octanol–water partition coefficient (Wildman–Crippen LogP) is 3.89. The Morgan fingerprint density at radius 2 is 1.85 bits per heavy atom. The molecule has 0 radical (unpaired) electrons. The third-order valence-corrected chi connectivity index (χ3v) is 3.86. The number of nitrogens with zero attached hydrogens (tertiary/aromatic N) is 1. The maximum absolute atomic E-state index is 13.3. The van der Waals surface area contributed by atoms with Crippen molar-refractivity contribution in [1.82, 2.24) is 10.6 Å². The lowest BCUT2D eigenvalue weighted by atomic mass is 10.1. The molecule has 1 unspecified atom stereocenters. The van der Waals surface area contributed by atoms with E-state index in [2.05, 4.69) is 15.6 Å². The summed E-state index contributed by atoms with van der Waals surface area (Å²) in [6.45, 7) is 4.85. The number of aryl methyl sites for hydroxylation is 1. The van der Waals surface area contributed by atoms with E-state index >= 15 is 0 Å². The quantitative estimate of drug-likeness (QED) is 0.354. The third kappa shape index (κ3) is 7.24. The summed E-state index contributed by atoms with van der Waals surface area (Å²) in [5, 5.41) is 6.43. The van der Waals surface area contributed by atoms with Crippen molar-refractivity contribution in [1.29, 1.82) is 0 Å². The standard InChI is InChI=1S/C20H26FN3O2.HI/c1-14-11-16(9-10-17(14)21)13-24-20(22-3)23-12-15(2)26-19-8-6-5-7-18(19)25-4;/h5-11,15H,12-13H2,1-4H3,(H2,22,23,24);1H. The summed E-state index contributed by atoms with van der Waals surface area (Å²) in [5.74, 6) is 1.86. The Labute approximate surface area is 177 Å². The van der Waals surface area contributed by atoms with Gasteiger partial charge in [-0.2, -0.15) is 0 Å². The first-order valence-electron chi connectivity index (χ1n) is 8.52. The molecule has 0 aliphatic rings. The van der Waals surface area contributed by atoms with Crippen molar-refractivity contribution in [3.8, 4) is 11.5 Å². The lowest BCUT2D eigenvalue weighted by molar-refractivity contribution is 0.213. The number of ether oxygens (including phenoxy) is 2. The van der Waals surface area contributed by atoms with Crippen LogP contribution in [0.5, 0.6) is 11.5 Å². The van der Waals surface area contributed by atoms with Gasteiger partial charge < -0.3 is 20.1 Å². The van der Waals surface area contributed by atoms with E-state index in [0.717, 1.165) is 5.56 Å². The Kier molecular flexibility index (Phi) is 9.92. The highest BCUT2D eigenvalue weighted by molar-refractivity contribution is 14.0. The average molecular weight is 487 g/mol. The molecule has 0 saturated carbocycles. The zero-order chi connectivity index (χ0) is 18.9. The van der Waals surface area contributed by atoms with Crippen LogP contribution < -0.4 is 20.1 Å². The molecule has 27 heavy (non-hydrogen) atoms. The van der Waals surface area contributed by atoms with Crippen molar-refractivity contribution in [3.05, 3.63) is 59.4 Å². The van der Waals surface area contributed by atoms with Crippen molar-refractivity contribution in [2.45, 2.75) is 26.5 Å². The number of halogens is 2. The number of para-hydroxylation sites is 2. The summed E-state index contributed by atoms with van der Waals surface area (Å²) in [5.41, 5.74) is 1.62. The van der Waals surface area contributed by atoms with E-state index in [-0.39, 0.29) is 35.9 Å². The maximum Gasteiger partial charge on any atom is 0.191 e. The zero-order valence-electron chi connectivity index (χ0n) is 16.1. The Hall–Kier alpha value is -2.03. The van der Waals surface area contributed by atoms with E-state index in [4.69, 9.17) is 9.47 Å². The zero-order valence-corrected chi connectivity index (χ0v) is 18.4. The molecule has 5 nitrogen and oxygen atoms in total. The molecule has 0 fully saturated rings. The highest BCUT2D eigenvalue weighted by Crippen LogP contribution is 2.26. The van der Waals surface area contributed by atoms with Crippen LogP contribution in [-0.4, -0.2) is 32.8 Å². The smallest absolute Gasteiger partial charge is 0.191 e. The molecule has 0 heterocycles. The van der Waals surface area contributed by atoms with Crippen molar-refractivity contribution < 1.29 is 13.9 Å². The highest BCUT2D eigenvalue weighted by Gasteiger charge is 2.09. The van der Waals surface area contributed by atoms with Gasteiger partial charge in [-0.1, -0.05) is 24.3 Å². The minimum absolute atomic E-state index is 0. The van der Waals surface area contributed by atoms with E-state index in [1.165, 1.54) is 6.07 Å². The molecule has 0 spiro atoms. The average Bonchev–Trinajstić information content (AvgIpc) is 2.65. The van der Waals surface area contributed by atoms with Gasteiger partial charge in [0.05, 0.1) is 13.7 Å². The lowest BCUT2D eigenvalue weighted by Crippen LogP contribution is -2.41. The predicted molar refractivity (Wildman–Crippen MR) is 118 cm³/mol. The molecule has 148 valence electrons. The number of benzene rings is 2. The van der Waals surface area contributed by atoms with Crippen molar-refractivity contribution in [3.63, 3.8) is 0 Å².